The van der Waals surface area contributed by atoms with Crippen molar-refractivity contribution in [3.63, 3.8) is 0 Å². The van der Waals surface area contributed by atoms with E-state index in [2.05, 4.69) is 15.6 Å². The van der Waals surface area contributed by atoms with Gasteiger partial charge in [-0.05, 0) is 36.8 Å². The maximum absolute atomic E-state index is 12.1. The number of nitriles is 1. The number of carbonyl (C=O) groups is 1. The number of anilines is 2. The highest BCUT2D eigenvalue weighted by atomic mass is 35.5. The van der Waals surface area contributed by atoms with Crippen LogP contribution in [0.3, 0.4) is 0 Å². The standard InChI is InChI=1S/C16H12Cl2N4O/c1-10-2-4-13(6-14(10)18)22-16(23)11(7-19)8-20-15-5-3-12(17)9-21-15/h2-6,8-9H,1H3,(H,20,21)(H,22,23)/b11-8-. The number of hydrogen-bond acceptors (Lipinski definition) is 4. The minimum atomic E-state index is -0.547. The SMILES string of the molecule is Cc1ccc(NC(=O)/C(C#N)=C\Nc2ccc(Cl)cn2)cc1Cl. The molecule has 0 saturated heterocycles. The molecule has 1 aromatic heterocycles. The van der Waals surface area contributed by atoms with Crippen molar-refractivity contribution in [1.82, 2.24) is 4.98 Å². The summed E-state index contributed by atoms with van der Waals surface area (Å²) in [5.41, 5.74) is 1.31. The molecule has 0 radical (unpaired) electrons. The van der Waals surface area contributed by atoms with Crippen LogP contribution in [0.25, 0.3) is 0 Å². The largest absolute Gasteiger partial charge is 0.345 e. The number of aromatic nitrogens is 1. The molecule has 1 heterocycles. The molecule has 2 N–H and O–H groups in total. The summed E-state index contributed by atoms with van der Waals surface area (Å²) in [6, 6.07) is 10.2. The average Bonchev–Trinajstić information content (AvgIpc) is 2.53. The van der Waals surface area contributed by atoms with Gasteiger partial charge in [0.2, 0.25) is 0 Å². The van der Waals surface area contributed by atoms with Crippen LogP contribution in [0.2, 0.25) is 10.0 Å². The average molecular weight is 347 g/mol. The zero-order valence-corrected chi connectivity index (χ0v) is 13.6. The molecule has 0 saturated carbocycles. The normalized spacial score (nSPS) is 10.8. The predicted molar refractivity (Wildman–Crippen MR) is 91.4 cm³/mol. The van der Waals surface area contributed by atoms with Gasteiger partial charge in [0.25, 0.3) is 5.91 Å². The lowest BCUT2D eigenvalue weighted by Gasteiger charge is -2.06. The van der Waals surface area contributed by atoms with Crippen molar-refractivity contribution in [2.45, 2.75) is 6.92 Å². The fourth-order valence-corrected chi connectivity index (χ4v) is 1.92. The van der Waals surface area contributed by atoms with Crippen LogP contribution in [-0.4, -0.2) is 10.9 Å². The molecule has 0 atom stereocenters. The molecule has 0 aliphatic heterocycles. The van der Waals surface area contributed by atoms with E-state index < -0.39 is 5.91 Å². The van der Waals surface area contributed by atoms with Crippen LogP contribution in [0.4, 0.5) is 11.5 Å². The summed E-state index contributed by atoms with van der Waals surface area (Å²) in [6.45, 7) is 1.86. The summed E-state index contributed by atoms with van der Waals surface area (Å²) < 4.78 is 0. The second kappa shape index (κ2) is 7.63. The molecule has 0 spiro atoms. The monoisotopic (exact) mass is 346 g/mol. The van der Waals surface area contributed by atoms with Gasteiger partial charge in [-0.25, -0.2) is 4.98 Å². The van der Waals surface area contributed by atoms with Crippen LogP contribution in [0.1, 0.15) is 5.56 Å². The second-order valence-electron chi connectivity index (χ2n) is 4.59. The molecule has 0 fully saturated rings. The zero-order chi connectivity index (χ0) is 16.8. The van der Waals surface area contributed by atoms with Gasteiger partial charge < -0.3 is 10.6 Å². The van der Waals surface area contributed by atoms with Crippen LogP contribution in [0, 0.1) is 18.3 Å². The minimum Gasteiger partial charge on any atom is -0.345 e. The van der Waals surface area contributed by atoms with Gasteiger partial charge in [0, 0.05) is 23.1 Å². The first-order valence-corrected chi connectivity index (χ1v) is 7.31. The van der Waals surface area contributed by atoms with Gasteiger partial charge in [0.15, 0.2) is 0 Å². The van der Waals surface area contributed by atoms with Crippen LogP contribution < -0.4 is 10.6 Å². The molecule has 0 aliphatic rings. The molecule has 0 aliphatic carbocycles. The molecular formula is C16H12Cl2N4O. The highest BCUT2D eigenvalue weighted by Crippen LogP contribution is 2.20. The first-order valence-electron chi connectivity index (χ1n) is 6.55. The maximum Gasteiger partial charge on any atom is 0.267 e. The van der Waals surface area contributed by atoms with Crippen molar-refractivity contribution in [2.24, 2.45) is 0 Å². The van der Waals surface area contributed by atoms with E-state index in [9.17, 15) is 4.79 Å². The van der Waals surface area contributed by atoms with Crippen molar-refractivity contribution >= 4 is 40.6 Å². The van der Waals surface area contributed by atoms with Crippen molar-refractivity contribution < 1.29 is 4.79 Å². The first kappa shape index (κ1) is 16.8. The summed E-state index contributed by atoms with van der Waals surface area (Å²) in [7, 11) is 0. The summed E-state index contributed by atoms with van der Waals surface area (Å²) in [5.74, 6) is -0.0813. The molecule has 2 rings (SSSR count). The fourth-order valence-electron chi connectivity index (χ4n) is 1.62. The Morgan fingerprint density at radius 1 is 1.30 bits per heavy atom. The van der Waals surface area contributed by atoms with Crippen molar-refractivity contribution in [1.29, 1.82) is 5.26 Å². The molecule has 1 amide bonds. The Hall–Kier alpha value is -2.55. The van der Waals surface area contributed by atoms with Gasteiger partial charge >= 0.3 is 0 Å². The molecule has 7 heteroatoms. The third kappa shape index (κ3) is 4.71. The number of halogens is 2. The second-order valence-corrected chi connectivity index (χ2v) is 5.44. The molecule has 0 unspecified atom stereocenters. The van der Waals surface area contributed by atoms with E-state index in [1.807, 2.05) is 13.0 Å². The number of hydrogen-bond donors (Lipinski definition) is 2. The fraction of sp³-hybridized carbons (Fsp3) is 0.0625. The first-order chi connectivity index (χ1) is 11.0. The molecule has 116 valence electrons. The lowest BCUT2D eigenvalue weighted by atomic mass is 10.2. The van der Waals surface area contributed by atoms with Crippen LogP contribution >= 0.6 is 23.2 Å². The van der Waals surface area contributed by atoms with E-state index in [1.54, 1.807) is 30.3 Å². The summed E-state index contributed by atoms with van der Waals surface area (Å²) in [4.78, 5) is 16.1. The van der Waals surface area contributed by atoms with Gasteiger partial charge in [-0.2, -0.15) is 5.26 Å². The van der Waals surface area contributed by atoms with E-state index in [0.29, 0.717) is 21.6 Å². The van der Waals surface area contributed by atoms with E-state index in [4.69, 9.17) is 28.5 Å². The van der Waals surface area contributed by atoms with Crippen LogP contribution in [0.5, 0.6) is 0 Å². The van der Waals surface area contributed by atoms with E-state index in [0.717, 1.165) is 5.56 Å². The number of benzene rings is 1. The number of aryl methyl sites for hydroxylation is 1. The Kier molecular flexibility index (Phi) is 5.58. The number of amides is 1. The molecule has 2 aromatic rings. The topological polar surface area (TPSA) is 77.8 Å². The Bertz CT molecular complexity index is 795. The van der Waals surface area contributed by atoms with Crippen molar-refractivity contribution in [3.8, 4) is 6.07 Å². The van der Waals surface area contributed by atoms with Crippen LogP contribution in [0.15, 0.2) is 48.3 Å². The molecule has 23 heavy (non-hydrogen) atoms. The van der Waals surface area contributed by atoms with Gasteiger partial charge in [0.05, 0.1) is 5.02 Å². The Balaban J connectivity index is 2.08. The number of pyridine rings is 1. The molecular weight excluding hydrogens is 335 g/mol. The Labute approximate surface area is 143 Å². The third-order valence-electron chi connectivity index (χ3n) is 2.89. The highest BCUT2D eigenvalue weighted by Gasteiger charge is 2.10. The van der Waals surface area contributed by atoms with E-state index in [-0.39, 0.29) is 5.57 Å². The zero-order valence-electron chi connectivity index (χ0n) is 12.1. The lowest BCUT2D eigenvalue weighted by Crippen LogP contribution is -2.14. The number of nitrogens with one attached hydrogen (secondary N) is 2. The van der Waals surface area contributed by atoms with E-state index in [1.165, 1.54) is 12.4 Å². The Morgan fingerprint density at radius 2 is 2.09 bits per heavy atom. The molecule has 5 nitrogen and oxygen atoms in total. The number of rotatable bonds is 4. The minimum absolute atomic E-state index is 0.0987. The maximum atomic E-state index is 12.1. The molecule has 0 bridgehead atoms. The van der Waals surface area contributed by atoms with Crippen LogP contribution in [-0.2, 0) is 4.79 Å². The predicted octanol–water partition coefficient (Wildman–Crippen LogP) is 4.15. The van der Waals surface area contributed by atoms with Gasteiger partial charge in [-0.15, -0.1) is 0 Å². The summed E-state index contributed by atoms with van der Waals surface area (Å²) in [6.07, 6.45) is 2.74. The molecule has 1 aromatic carbocycles. The van der Waals surface area contributed by atoms with Crippen molar-refractivity contribution in [3.05, 3.63) is 63.9 Å². The number of carbonyl (C=O) groups excluding carboxylic acids is 1. The van der Waals surface area contributed by atoms with E-state index >= 15 is 0 Å². The third-order valence-corrected chi connectivity index (χ3v) is 3.52. The smallest absolute Gasteiger partial charge is 0.267 e. The Morgan fingerprint density at radius 3 is 2.70 bits per heavy atom. The van der Waals surface area contributed by atoms with Gasteiger partial charge in [-0.1, -0.05) is 29.3 Å². The van der Waals surface area contributed by atoms with Gasteiger partial charge in [-0.3, -0.25) is 4.79 Å². The summed E-state index contributed by atoms with van der Waals surface area (Å²) in [5, 5.41) is 15.5. The quantitative estimate of drug-likeness (QED) is 0.643. The van der Waals surface area contributed by atoms with Gasteiger partial charge in [0.1, 0.15) is 17.5 Å². The summed E-state index contributed by atoms with van der Waals surface area (Å²) >= 11 is 11.7. The number of nitrogens with zero attached hydrogens (tertiary/aromatic N) is 2. The highest BCUT2D eigenvalue weighted by molar-refractivity contribution is 6.31. The van der Waals surface area contributed by atoms with Crippen molar-refractivity contribution in [2.75, 3.05) is 10.6 Å². The lowest BCUT2D eigenvalue weighted by molar-refractivity contribution is -0.112.